The van der Waals surface area contributed by atoms with Crippen LogP contribution in [0.1, 0.15) is 15.9 Å². The summed E-state index contributed by atoms with van der Waals surface area (Å²) in [5, 5.41) is 3.53. The van der Waals surface area contributed by atoms with Crippen LogP contribution in [-0.2, 0) is 6.18 Å². The zero-order valence-corrected chi connectivity index (χ0v) is 15.1. The number of nitrogens with zero attached hydrogens (tertiary/aromatic N) is 1. The Morgan fingerprint density at radius 3 is 2.34 bits per heavy atom. The highest BCUT2D eigenvalue weighted by Gasteiger charge is 2.30. The molecule has 29 heavy (non-hydrogen) atoms. The van der Waals surface area contributed by atoms with E-state index in [4.69, 9.17) is 0 Å². The number of amides is 1. The SMILES string of the molecule is O=C(Nc1ccccc1)c1cccc2ccc(-c3cccc(C(F)(F)F)c3)nc12. The van der Waals surface area contributed by atoms with Crippen molar-refractivity contribution in [2.75, 3.05) is 5.32 Å². The lowest BCUT2D eigenvalue weighted by atomic mass is 10.0. The second-order valence-corrected chi connectivity index (χ2v) is 6.47. The van der Waals surface area contributed by atoms with Gasteiger partial charge in [0, 0.05) is 16.6 Å². The summed E-state index contributed by atoms with van der Waals surface area (Å²) < 4.78 is 39.1. The van der Waals surface area contributed by atoms with Crippen LogP contribution in [-0.4, -0.2) is 10.9 Å². The Hall–Kier alpha value is -3.67. The molecule has 144 valence electrons. The Kier molecular flexibility index (Phi) is 4.76. The normalized spacial score (nSPS) is 11.4. The Balaban J connectivity index is 1.76. The van der Waals surface area contributed by atoms with Crippen molar-refractivity contribution < 1.29 is 18.0 Å². The van der Waals surface area contributed by atoms with Crippen LogP contribution in [0.3, 0.4) is 0 Å². The number of carbonyl (C=O) groups is 1. The molecule has 0 aliphatic carbocycles. The van der Waals surface area contributed by atoms with E-state index in [0.29, 0.717) is 28.0 Å². The average Bonchev–Trinajstić information content (AvgIpc) is 2.73. The molecule has 0 aliphatic heterocycles. The van der Waals surface area contributed by atoms with Gasteiger partial charge in [0.25, 0.3) is 5.91 Å². The van der Waals surface area contributed by atoms with Crippen LogP contribution in [0.2, 0.25) is 0 Å². The zero-order valence-electron chi connectivity index (χ0n) is 15.1. The van der Waals surface area contributed by atoms with Gasteiger partial charge in [-0.2, -0.15) is 13.2 Å². The number of carbonyl (C=O) groups excluding carboxylic acids is 1. The first-order valence-corrected chi connectivity index (χ1v) is 8.86. The molecule has 6 heteroatoms. The maximum Gasteiger partial charge on any atom is 0.416 e. The summed E-state index contributed by atoms with van der Waals surface area (Å²) in [7, 11) is 0. The van der Waals surface area contributed by atoms with E-state index >= 15 is 0 Å². The molecule has 1 amide bonds. The summed E-state index contributed by atoms with van der Waals surface area (Å²) in [5.41, 5.74) is 1.37. The molecular weight excluding hydrogens is 377 g/mol. The lowest BCUT2D eigenvalue weighted by Gasteiger charge is -2.11. The highest BCUT2D eigenvalue weighted by molar-refractivity contribution is 6.12. The van der Waals surface area contributed by atoms with Gasteiger partial charge in [0.05, 0.1) is 22.3 Å². The van der Waals surface area contributed by atoms with E-state index in [1.54, 1.807) is 48.5 Å². The topological polar surface area (TPSA) is 42.0 Å². The van der Waals surface area contributed by atoms with Crippen molar-refractivity contribution in [1.82, 2.24) is 4.98 Å². The van der Waals surface area contributed by atoms with Crippen LogP contribution in [0.25, 0.3) is 22.2 Å². The molecule has 0 bridgehead atoms. The first kappa shape index (κ1) is 18.7. The summed E-state index contributed by atoms with van der Waals surface area (Å²) in [6.07, 6.45) is -4.44. The summed E-state index contributed by atoms with van der Waals surface area (Å²) in [6, 6.07) is 22.6. The van der Waals surface area contributed by atoms with Crippen molar-refractivity contribution >= 4 is 22.5 Å². The van der Waals surface area contributed by atoms with Gasteiger partial charge in [-0.1, -0.05) is 48.5 Å². The van der Waals surface area contributed by atoms with Gasteiger partial charge >= 0.3 is 6.18 Å². The summed E-state index contributed by atoms with van der Waals surface area (Å²) in [5.74, 6) is -0.338. The van der Waals surface area contributed by atoms with Crippen molar-refractivity contribution in [3.63, 3.8) is 0 Å². The number of alkyl halides is 3. The molecular formula is C23H15F3N2O. The molecule has 1 heterocycles. The predicted molar refractivity (Wildman–Crippen MR) is 107 cm³/mol. The van der Waals surface area contributed by atoms with Gasteiger partial charge in [-0.15, -0.1) is 0 Å². The van der Waals surface area contributed by atoms with E-state index in [9.17, 15) is 18.0 Å². The van der Waals surface area contributed by atoms with E-state index < -0.39 is 11.7 Å². The molecule has 0 saturated heterocycles. The number of anilines is 1. The molecule has 3 aromatic carbocycles. The number of pyridine rings is 1. The minimum atomic E-state index is -4.44. The molecule has 0 atom stereocenters. The fraction of sp³-hybridized carbons (Fsp3) is 0.0435. The van der Waals surface area contributed by atoms with Crippen LogP contribution in [0, 0.1) is 0 Å². The lowest BCUT2D eigenvalue weighted by Crippen LogP contribution is -2.12. The number of fused-ring (bicyclic) bond motifs is 1. The predicted octanol–water partition coefficient (Wildman–Crippen LogP) is 6.17. The van der Waals surface area contributed by atoms with E-state index in [-0.39, 0.29) is 5.91 Å². The molecule has 0 aliphatic rings. The number of rotatable bonds is 3. The van der Waals surface area contributed by atoms with Crippen molar-refractivity contribution in [2.24, 2.45) is 0 Å². The third-order valence-electron chi connectivity index (χ3n) is 4.48. The number of aromatic nitrogens is 1. The number of nitrogens with one attached hydrogen (secondary N) is 1. The lowest BCUT2D eigenvalue weighted by molar-refractivity contribution is -0.137. The van der Waals surface area contributed by atoms with Crippen LogP contribution in [0.4, 0.5) is 18.9 Å². The maximum atomic E-state index is 13.0. The first-order valence-electron chi connectivity index (χ1n) is 8.86. The number of hydrogen-bond donors (Lipinski definition) is 1. The fourth-order valence-electron chi connectivity index (χ4n) is 3.07. The highest BCUT2D eigenvalue weighted by Crippen LogP contribution is 2.32. The Morgan fingerprint density at radius 2 is 1.59 bits per heavy atom. The van der Waals surface area contributed by atoms with E-state index in [1.165, 1.54) is 6.07 Å². The summed E-state index contributed by atoms with van der Waals surface area (Å²) in [4.78, 5) is 17.3. The van der Waals surface area contributed by atoms with Crippen LogP contribution >= 0.6 is 0 Å². The van der Waals surface area contributed by atoms with E-state index in [1.807, 2.05) is 18.2 Å². The molecule has 4 aromatic rings. The van der Waals surface area contributed by atoms with Gasteiger partial charge in [0.1, 0.15) is 0 Å². The summed E-state index contributed by atoms with van der Waals surface area (Å²) >= 11 is 0. The number of para-hydroxylation sites is 2. The minimum Gasteiger partial charge on any atom is -0.322 e. The molecule has 0 saturated carbocycles. The smallest absolute Gasteiger partial charge is 0.322 e. The monoisotopic (exact) mass is 392 g/mol. The second-order valence-electron chi connectivity index (χ2n) is 6.47. The van der Waals surface area contributed by atoms with Gasteiger partial charge in [-0.05, 0) is 36.4 Å². The molecule has 0 fully saturated rings. The molecule has 1 N–H and O–H groups in total. The molecule has 0 radical (unpaired) electrons. The number of benzene rings is 3. The Morgan fingerprint density at radius 1 is 0.828 bits per heavy atom. The van der Waals surface area contributed by atoms with Crippen LogP contribution in [0.15, 0.2) is 84.9 Å². The number of hydrogen-bond acceptors (Lipinski definition) is 2. The summed E-state index contributed by atoms with van der Waals surface area (Å²) in [6.45, 7) is 0. The Bertz CT molecular complexity index is 1190. The van der Waals surface area contributed by atoms with Crippen LogP contribution in [0.5, 0.6) is 0 Å². The second kappa shape index (κ2) is 7.39. The standard InChI is InChI=1S/C23H15F3N2O/c24-23(25,26)17-8-4-7-16(14-17)20-13-12-15-6-5-11-19(21(15)28-20)22(29)27-18-9-2-1-3-10-18/h1-14H,(H,27,29). The molecule has 0 spiro atoms. The van der Waals surface area contributed by atoms with Crippen molar-refractivity contribution in [2.45, 2.75) is 6.18 Å². The molecule has 3 nitrogen and oxygen atoms in total. The quantitative estimate of drug-likeness (QED) is 0.453. The van der Waals surface area contributed by atoms with E-state index in [0.717, 1.165) is 17.5 Å². The Labute approximate surface area is 164 Å². The van der Waals surface area contributed by atoms with Crippen molar-refractivity contribution in [1.29, 1.82) is 0 Å². The highest BCUT2D eigenvalue weighted by atomic mass is 19.4. The van der Waals surface area contributed by atoms with Gasteiger partial charge in [0.2, 0.25) is 0 Å². The third-order valence-corrected chi connectivity index (χ3v) is 4.48. The van der Waals surface area contributed by atoms with Crippen molar-refractivity contribution in [3.05, 3.63) is 96.1 Å². The largest absolute Gasteiger partial charge is 0.416 e. The minimum absolute atomic E-state index is 0.333. The maximum absolute atomic E-state index is 13.0. The third kappa shape index (κ3) is 3.96. The molecule has 4 rings (SSSR count). The van der Waals surface area contributed by atoms with Gasteiger partial charge in [-0.3, -0.25) is 4.79 Å². The molecule has 1 aromatic heterocycles. The van der Waals surface area contributed by atoms with Crippen LogP contribution < -0.4 is 5.32 Å². The van der Waals surface area contributed by atoms with Gasteiger partial charge in [0.15, 0.2) is 0 Å². The van der Waals surface area contributed by atoms with Gasteiger partial charge < -0.3 is 5.32 Å². The van der Waals surface area contributed by atoms with Crippen molar-refractivity contribution in [3.8, 4) is 11.3 Å². The van der Waals surface area contributed by atoms with Gasteiger partial charge in [-0.25, -0.2) is 4.98 Å². The molecule has 0 unspecified atom stereocenters. The fourth-order valence-corrected chi connectivity index (χ4v) is 3.07. The van der Waals surface area contributed by atoms with E-state index in [2.05, 4.69) is 10.3 Å². The number of halogens is 3. The average molecular weight is 392 g/mol. The zero-order chi connectivity index (χ0) is 20.4. The first-order chi connectivity index (χ1) is 13.9.